The van der Waals surface area contributed by atoms with Gasteiger partial charge in [0, 0.05) is 0 Å². The Kier molecular flexibility index (Phi) is 3.85. The second kappa shape index (κ2) is 4.05. The summed E-state index contributed by atoms with van der Waals surface area (Å²) in [6.07, 6.45) is 0. The van der Waals surface area contributed by atoms with Crippen LogP contribution in [-0.2, 0) is 9.36 Å². The van der Waals surface area contributed by atoms with Gasteiger partial charge in [-0.15, -0.1) is 0 Å². The fourth-order valence-corrected chi connectivity index (χ4v) is 1.42. The molecule has 0 aromatic heterocycles. The molecule has 6 heteroatoms. The van der Waals surface area contributed by atoms with E-state index >= 15 is 0 Å². The van der Waals surface area contributed by atoms with Gasteiger partial charge < -0.3 is 19.7 Å². The van der Waals surface area contributed by atoms with E-state index in [9.17, 15) is 14.5 Å². The summed E-state index contributed by atoms with van der Waals surface area (Å²) in [5.74, 6) is -1.40. The zero-order valence-corrected chi connectivity index (χ0v) is 8.54. The summed E-state index contributed by atoms with van der Waals surface area (Å²) in [6, 6.07) is 0. The van der Waals surface area contributed by atoms with Crippen LogP contribution in [0.3, 0.4) is 0 Å². The van der Waals surface area contributed by atoms with Gasteiger partial charge in [-0.2, -0.15) is 0 Å². The Hall–Kier alpha value is -0.640. The highest BCUT2D eigenvalue weighted by molar-refractivity contribution is 7.52. The van der Waals surface area contributed by atoms with Crippen LogP contribution in [0.25, 0.3) is 0 Å². The van der Waals surface area contributed by atoms with E-state index in [1.807, 2.05) is 0 Å². The van der Waals surface area contributed by atoms with Gasteiger partial charge in [-0.3, -0.25) is 4.57 Å². The number of carbonyl (C=O) groups excluding carboxylic acids is 1. The molecule has 0 saturated heterocycles. The van der Waals surface area contributed by atoms with Gasteiger partial charge in [0.2, 0.25) is 0 Å². The molecular weight excluding hydrogens is 195 g/mol. The molecule has 2 N–H and O–H groups in total. The summed E-state index contributed by atoms with van der Waals surface area (Å²) in [7, 11) is -4.26. The Morgan fingerprint density at radius 1 is 1.38 bits per heavy atom. The maximum Gasteiger partial charge on any atom is 0.332 e. The predicted octanol–water partition coefficient (Wildman–Crippen LogP) is -0.361. The highest BCUT2D eigenvalue weighted by atomic mass is 31.2. The average molecular weight is 207 g/mol. The van der Waals surface area contributed by atoms with Crippen LogP contribution in [0.2, 0.25) is 0 Å². The summed E-state index contributed by atoms with van der Waals surface area (Å²) in [5.41, 5.74) is -1.06. The van der Waals surface area contributed by atoms with Crippen LogP contribution >= 0.6 is 7.60 Å². The molecule has 0 fully saturated rings. The van der Waals surface area contributed by atoms with Crippen molar-refractivity contribution in [2.24, 2.45) is 0 Å². The van der Waals surface area contributed by atoms with Crippen molar-refractivity contribution in [2.45, 2.75) is 26.4 Å². The normalized spacial score (nSPS) is 16.4. The molecule has 0 aliphatic heterocycles. The first-order chi connectivity index (χ1) is 5.68. The van der Waals surface area contributed by atoms with Gasteiger partial charge >= 0.3 is 7.60 Å². The fraction of sp³-hybridized carbons (Fsp3) is 0.571. The molecular formula is C7H12O5P-. The fourth-order valence-electron chi connectivity index (χ4n) is 0.727. The number of carboxylic acids is 1. The van der Waals surface area contributed by atoms with E-state index in [1.54, 1.807) is 0 Å². The van der Waals surface area contributed by atoms with E-state index in [0.717, 1.165) is 0 Å². The predicted molar refractivity (Wildman–Crippen MR) is 44.9 cm³/mol. The van der Waals surface area contributed by atoms with E-state index in [1.165, 1.54) is 20.8 Å². The van der Waals surface area contributed by atoms with E-state index < -0.39 is 19.2 Å². The van der Waals surface area contributed by atoms with Crippen LogP contribution in [0.5, 0.6) is 0 Å². The lowest BCUT2D eigenvalue weighted by Crippen LogP contribution is -2.25. The summed E-state index contributed by atoms with van der Waals surface area (Å²) in [4.78, 5) is 27.9. The summed E-state index contributed by atoms with van der Waals surface area (Å²) < 4.78 is 10.7. The largest absolute Gasteiger partial charge is 0.545 e. The van der Waals surface area contributed by atoms with Gasteiger partial charge in [0.25, 0.3) is 0 Å². The Morgan fingerprint density at radius 3 is 2.00 bits per heavy atom. The second-order valence-corrected chi connectivity index (χ2v) is 4.81. The molecule has 0 saturated carbocycles. The zero-order valence-electron chi connectivity index (χ0n) is 7.64. The number of hydrogen-bond donors (Lipinski definition) is 2. The van der Waals surface area contributed by atoms with Crippen molar-refractivity contribution < 1.29 is 24.3 Å². The van der Waals surface area contributed by atoms with Gasteiger partial charge in [0.1, 0.15) is 0 Å². The Morgan fingerprint density at radius 2 is 1.77 bits per heavy atom. The van der Waals surface area contributed by atoms with Crippen LogP contribution in [0.4, 0.5) is 0 Å². The first-order valence-electron chi connectivity index (χ1n) is 3.62. The minimum Gasteiger partial charge on any atom is -0.545 e. The number of carbonyl (C=O) groups is 1. The van der Waals surface area contributed by atoms with Crippen LogP contribution in [0.15, 0.2) is 11.1 Å². The molecule has 5 nitrogen and oxygen atoms in total. The molecule has 1 atom stereocenters. The van der Waals surface area contributed by atoms with Crippen LogP contribution < -0.4 is 5.11 Å². The van der Waals surface area contributed by atoms with Crippen LogP contribution in [-0.4, -0.2) is 21.4 Å². The second-order valence-electron chi connectivity index (χ2n) is 2.86. The van der Waals surface area contributed by atoms with Gasteiger partial charge in [-0.25, -0.2) is 0 Å². The van der Waals surface area contributed by atoms with E-state index in [0.29, 0.717) is 0 Å². The molecule has 0 rings (SSSR count). The average Bonchev–Trinajstić information content (AvgIpc) is 1.98. The Balaban J connectivity index is 5.00. The molecule has 0 bridgehead atoms. The third kappa shape index (κ3) is 3.30. The molecule has 0 aliphatic carbocycles. The first-order valence-corrected chi connectivity index (χ1v) is 5.30. The van der Waals surface area contributed by atoms with E-state index in [-0.39, 0.29) is 11.1 Å². The number of rotatable bonds is 3. The minimum atomic E-state index is -4.26. The zero-order chi connectivity index (χ0) is 10.8. The molecule has 76 valence electrons. The van der Waals surface area contributed by atoms with Crippen molar-refractivity contribution >= 4 is 13.6 Å². The van der Waals surface area contributed by atoms with Gasteiger partial charge in [0.15, 0.2) is 0 Å². The molecule has 0 aliphatic rings. The Bertz CT molecular complexity index is 287. The van der Waals surface area contributed by atoms with E-state index in [4.69, 9.17) is 9.79 Å². The highest BCUT2D eigenvalue weighted by Crippen LogP contribution is 2.44. The van der Waals surface area contributed by atoms with Gasteiger partial charge in [0.05, 0.1) is 11.6 Å². The van der Waals surface area contributed by atoms with Crippen molar-refractivity contribution in [1.82, 2.24) is 0 Å². The lowest BCUT2D eigenvalue weighted by molar-refractivity contribution is -0.299. The molecule has 0 aromatic carbocycles. The quantitative estimate of drug-likeness (QED) is 0.486. The smallest absolute Gasteiger partial charge is 0.332 e. The number of carboxylic acid groups (broad SMARTS) is 1. The summed E-state index contributed by atoms with van der Waals surface area (Å²) in [5, 5.41) is 10.4. The van der Waals surface area contributed by atoms with Crippen LogP contribution in [0, 0.1) is 0 Å². The molecule has 0 aromatic rings. The lowest BCUT2D eigenvalue weighted by atomic mass is 10.1. The van der Waals surface area contributed by atoms with Crippen molar-refractivity contribution in [1.29, 1.82) is 0 Å². The SMILES string of the molecule is C/C(C(=O)[O-])=C(/C)C(C)P(=O)(O)O. The van der Waals surface area contributed by atoms with Crippen molar-refractivity contribution in [3.63, 3.8) is 0 Å². The molecule has 0 amide bonds. The molecule has 0 heterocycles. The third-order valence-corrected chi connectivity index (χ3v) is 3.43. The van der Waals surface area contributed by atoms with Crippen molar-refractivity contribution in [2.75, 3.05) is 0 Å². The molecule has 1 unspecified atom stereocenters. The Labute approximate surface area is 76.2 Å². The summed E-state index contributed by atoms with van der Waals surface area (Å²) >= 11 is 0. The van der Waals surface area contributed by atoms with Gasteiger partial charge in [-0.1, -0.05) is 5.57 Å². The van der Waals surface area contributed by atoms with E-state index in [2.05, 4.69) is 0 Å². The molecule has 0 radical (unpaired) electrons. The number of aliphatic carboxylic acids is 1. The minimum absolute atomic E-state index is 0.129. The standard InChI is InChI=1S/C7H13O5P/c1-4(5(2)7(8)9)6(3)13(10,11)12/h6H,1-3H3,(H,8,9)(H2,10,11,12)/p-1/b5-4+. The third-order valence-electron chi connectivity index (χ3n) is 2.03. The number of allylic oxidation sites excluding steroid dienone is 1. The highest BCUT2D eigenvalue weighted by Gasteiger charge is 2.26. The molecule has 0 spiro atoms. The maximum atomic E-state index is 10.7. The lowest BCUT2D eigenvalue weighted by Gasteiger charge is -2.17. The van der Waals surface area contributed by atoms with Crippen molar-refractivity contribution in [3.8, 4) is 0 Å². The number of hydrogen-bond acceptors (Lipinski definition) is 3. The first kappa shape index (κ1) is 12.4. The maximum absolute atomic E-state index is 10.7. The van der Waals surface area contributed by atoms with Crippen LogP contribution in [0.1, 0.15) is 20.8 Å². The summed E-state index contributed by atoms with van der Waals surface area (Å²) in [6.45, 7) is 3.91. The van der Waals surface area contributed by atoms with Crippen molar-refractivity contribution in [3.05, 3.63) is 11.1 Å². The topological polar surface area (TPSA) is 97.7 Å². The van der Waals surface area contributed by atoms with Gasteiger partial charge in [-0.05, 0) is 26.3 Å². The molecule has 13 heavy (non-hydrogen) atoms. The monoisotopic (exact) mass is 207 g/mol.